The Morgan fingerprint density at radius 3 is 2.62 bits per heavy atom. The Kier molecular flexibility index (Phi) is 3.71. The molecule has 106 valence electrons. The number of amides is 1. The average Bonchev–Trinajstić information content (AvgIpc) is 2.82. The van der Waals surface area contributed by atoms with Crippen LogP contribution < -0.4 is 10.6 Å². The van der Waals surface area contributed by atoms with Crippen molar-refractivity contribution in [3.63, 3.8) is 0 Å². The van der Waals surface area contributed by atoms with Crippen LogP contribution in [0.2, 0.25) is 0 Å². The molecule has 0 fully saturated rings. The SMILES string of the molecule is O=C1Nc2ccccc2C1=CNc1ccc(CCO)cc1. The number of fused-ring (bicyclic) bond motifs is 1. The van der Waals surface area contributed by atoms with Crippen molar-refractivity contribution in [1.82, 2.24) is 0 Å². The number of hydrogen-bond donors (Lipinski definition) is 3. The van der Waals surface area contributed by atoms with Crippen LogP contribution in [0.15, 0.2) is 54.7 Å². The second-order valence-corrected chi connectivity index (χ2v) is 4.87. The van der Waals surface area contributed by atoms with Crippen molar-refractivity contribution < 1.29 is 9.90 Å². The molecular weight excluding hydrogens is 264 g/mol. The molecule has 1 amide bonds. The summed E-state index contributed by atoms with van der Waals surface area (Å²) in [5.74, 6) is -0.0967. The Morgan fingerprint density at radius 2 is 1.86 bits per heavy atom. The number of para-hydroxylation sites is 1. The maximum Gasteiger partial charge on any atom is 0.257 e. The summed E-state index contributed by atoms with van der Waals surface area (Å²) in [7, 11) is 0. The van der Waals surface area contributed by atoms with Crippen molar-refractivity contribution in [3.8, 4) is 0 Å². The van der Waals surface area contributed by atoms with E-state index >= 15 is 0 Å². The molecule has 3 rings (SSSR count). The predicted molar refractivity (Wildman–Crippen MR) is 83.9 cm³/mol. The fraction of sp³-hybridized carbons (Fsp3) is 0.118. The number of anilines is 2. The Morgan fingerprint density at radius 1 is 1.10 bits per heavy atom. The zero-order valence-corrected chi connectivity index (χ0v) is 11.5. The molecule has 0 spiro atoms. The first kappa shape index (κ1) is 13.4. The second-order valence-electron chi connectivity index (χ2n) is 4.87. The highest BCUT2D eigenvalue weighted by Crippen LogP contribution is 2.31. The Balaban J connectivity index is 1.78. The Labute approximate surface area is 123 Å². The van der Waals surface area contributed by atoms with E-state index < -0.39 is 0 Å². The molecule has 4 heteroatoms. The Bertz CT molecular complexity index is 690. The van der Waals surface area contributed by atoms with Gasteiger partial charge in [-0.2, -0.15) is 0 Å². The zero-order valence-electron chi connectivity index (χ0n) is 11.5. The normalized spacial score (nSPS) is 14.9. The molecule has 2 aromatic carbocycles. The number of hydrogen-bond acceptors (Lipinski definition) is 3. The number of benzene rings is 2. The summed E-state index contributed by atoms with van der Waals surface area (Å²) in [5.41, 5.74) is 4.37. The maximum absolute atomic E-state index is 11.9. The summed E-state index contributed by atoms with van der Waals surface area (Å²) in [6.45, 7) is 0.147. The third-order valence-corrected chi connectivity index (χ3v) is 3.45. The highest BCUT2D eigenvalue weighted by molar-refractivity contribution is 6.31. The van der Waals surface area contributed by atoms with Crippen molar-refractivity contribution >= 4 is 22.9 Å². The van der Waals surface area contributed by atoms with E-state index in [9.17, 15) is 4.79 Å². The number of carbonyl (C=O) groups is 1. The monoisotopic (exact) mass is 280 g/mol. The van der Waals surface area contributed by atoms with Crippen LogP contribution in [0, 0.1) is 0 Å². The molecule has 21 heavy (non-hydrogen) atoms. The lowest BCUT2D eigenvalue weighted by Gasteiger charge is -2.04. The largest absolute Gasteiger partial charge is 0.396 e. The fourth-order valence-electron chi connectivity index (χ4n) is 2.33. The average molecular weight is 280 g/mol. The molecule has 0 atom stereocenters. The van der Waals surface area contributed by atoms with E-state index in [0.717, 1.165) is 22.5 Å². The third kappa shape index (κ3) is 2.80. The minimum atomic E-state index is -0.0967. The van der Waals surface area contributed by atoms with E-state index in [1.165, 1.54) is 0 Å². The van der Waals surface area contributed by atoms with Gasteiger partial charge in [0, 0.05) is 29.7 Å². The van der Waals surface area contributed by atoms with Crippen LogP contribution in [0.1, 0.15) is 11.1 Å². The minimum absolute atomic E-state index is 0.0967. The van der Waals surface area contributed by atoms with E-state index in [1.807, 2.05) is 48.5 Å². The van der Waals surface area contributed by atoms with Gasteiger partial charge in [0.2, 0.25) is 0 Å². The summed E-state index contributed by atoms with van der Waals surface area (Å²) < 4.78 is 0. The zero-order chi connectivity index (χ0) is 14.7. The van der Waals surface area contributed by atoms with Crippen LogP contribution in [-0.2, 0) is 11.2 Å². The number of rotatable bonds is 4. The van der Waals surface area contributed by atoms with Crippen LogP contribution >= 0.6 is 0 Å². The molecule has 0 aliphatic carbocycles. The van der Waals surface area contributed by atoms with Gasteiger partial charge in [-0.3, -0.25) is 4.79 Å². The first-order chi connectivity index (χ1) is 10.3. The summed E-state index contributed by atoms with van der Waals surface area (Å²) >= 11 is 0. The van der Waals surface area contributed by atoms with E-state index in [4.69, 9.17) is 5.11 Å². The molecule has 1 heterocycles. The van der Waals surface area contributed by atoms with E-state index in [1.54, 1.807) is 6.20 Å². The van der Waals surface area contributed by atoms with Crippen molar-refractivity contribution in [3.05, 3.63) is 65.9 Å². The summed E-state index contributed by atoms with van der Waals surface area (Å²) in [5, 5.41) is 14.9. The highest BCUT2D eigenvalue weighted by Gasteiger charge is 2.23. The number of carbonyl (C=O) groups excluding carboxylic acids is 1. The van der Waals surface area contributed by atoms with Crippen LogP contribution in [0.25, 0.3) is 5.57 Å². The van der Waals surface area contributed by atoms with Gasteiger partial charge >= 0.3 is 0 Å². The van der Waals surface area contributed by atoms with Crippen molar-refractivity contribution in [1.29, 1.82) is 0 Å². The molecule has 0 saturated heterocycles. The highest BCUT2D eigenvalue weighted by atomic mass is 16.2. The predicted octanol–water partition coefficient (Wildman–Crippen LogP) is 2.63. The van der Waals surface area contributed by atoms with Gasteiger partial charge in [0.05, 0.1) is 5.57 Å². The molecule has 2 aromatic rings. The van der Waals surface area contributed by atoms with Crippen molar-refractivity contribution in [2.24, 2.45) is 0 Å². The number of aliphatic hydroxyl groups excluding tert-OH is 1. The van der Waals surface area contributed by atoms with E-state index in [-0.39, 0.29) is 12.5 Å². The lowest BCUT2D eigenvalue weighted by atomic mass is 10.1. The molecule has 3 N–H and O–H groups in total. The molecule has 1 aliphatic rings. The van der Waals surface area contributed by atoms with Gasteiger partial charge in [-0.05, 0) is 30.2 Å². The standard InChI is InChI=1S/C17H16N2O2/c20-10-9-12-5-7-13(8-6-12)18-11-15-14-3-1-2-4-16(14)19-17(15)21/h1-8,11,18,20H,9-10H2,(H,19,21). The quantitative estimate of drug-likeness (QED) is 0.754. The van der Waals surface area contributed by atoms with Crippen molar-refractivity contribution in [2.75, 3.05) is 17.2 Å². The molecule has 0 unspecified atom stereocenters. The van der Waals surface area contributed by atoms with Gasteiger partial charge < -0.3 is 15.7 Å². The van der Waals surface area contributed by atoms with Gasteiger partial charge in [-0.25, -0.2) is 0 Å². The van der Waals surface area contributed by atoms with Gasteiger partial charge in [-0.15, -0.1) is 0 Å². The molecule has 0 saturated carbocycles. The summed E-state index contributed by atoms with van der Waals surface area (Å²) in [6.07, 6.45) is 2.37. The molecule has 0 bridgehead atoms. The molecular formula is C17H16N2O2. The van der Waals surface area contributed by atoms with E-state index in [2.05, 4.69) is 10.6 Å². The van der Waals surface area contributed by atoms with Gasteiger partial charge in [-0.1, -0.05) is 30.3 Å². The molecule has 0 radical (unpaired) electrons. The topological polar surface area (TPSA) is 61.4 Å². The molecule has 1 aliphatic heterocycles. The lowest BCUT2D eigenvalue weighted by molar-refractivity contribution is -0.110. The molecule has 4 nitrogen and oxygen atoms in total. The van der Waals surface area contributed by atoms with Crippen LogP contribution in [-0.4, -0.2) is 17.6 Å². The van der Waals surface area contributed by atoms with Gasteiger partial charge in [0.25, 0.3) is 5.91 Å². The van der Waals surface area contributed by atoms with Crippen LogP contribution in [0.4, 0.5) is 11.4 Å². The van der Waals surface area contributed by atoms with Gasteiger partial charge in [0.1, 0.15) is 0 Å². The van der Waals surface area contributed by atoms with Gasteiger partial charge in [0.15, 0.2) is 0 Å². The minimum Gasteiger partial charge on any atom is -0.396 e. The molecule has 0 aromatic heterocycles. The second kappa shape index (κ2) is 5.81. The maximum atomic E-state index is 11.9. The summed E-state index contributed by atoms with van der Waals surface area (Å²) in [6, 6.07) is 15.4. The fourth-order valence-corrected chi connectivity index (χ4v) is 2.33. The van der Waals surface area contributed by atoms with Crippen molar-refractivity contribution in [2.45, 2.75) is 6.42 Å². The first-order valence-electron chi connectivity index (χ1n) is 6.85. The Hall–Kier alpha value is -2.59. The summed E-state index contributed by atoms with van der Waals surface area (Å²) in [4.78, 5) is 11.9. The number of aliphatic hydroxyl groups is 1. The number of nitrogens with one attached hydrogen (secondary N) is 2. The van der Waals surface area contributed by atoms with Crippen LogP contribution in [0.5, 0.6) is 0 Å². The van der Waals surface area contributed by atoms with E-state index in [0.29, 0.717) is 12.0 Å². The third-order valence-electron chi connectivity index (χ3n) is 3.45. The smallest absolute Gasteiger partial charge is 0.257 e. The first-order valence-corrected chi connectivity index (χ1v) is 6.85. The lowest BCUT2D eigenvalue weighted by Crippen LogP contribution is -2.05. The van der Waals surface area contributed by atoms with Crippen LogP contribution in [0.3, 0.4) is 0 Å².